The van der Waals surface area contributed by atoms with Crippen molar-refractivity contribution in [3.05, 3.63) is 47.3 Å². The number of thioether (sulfide) groups is 1. The predicted molar refractivity (Wildman–Crippen MR) is 107 cm³/mol. The van der Waals surface area contributed by atoms with Crippen LogP contribution in [-0.4, -0.2) is 50.8 Å². The first-order chi connectivity index (χ1) is 14.1. The second-order valence-corrected chi connectivity index (χ2v) is 7.58. The lowest BCUT2D eigenvalue weighted by atomic mass is 9.82. The van der Waals surface area contributed by atoms with Gasteiger partial charge in [-0.05, 0) is 37.0 Å². The van der Waals surface area contributed by atoms with Gasteiger partial charge in [0.05, 0.1) is 30.7 Å². The Morgan fingerprint density at radius 1 is 1.24 bits per heavy atom. The molecule has 9 heteroatoms. The van der Waals surface area contributed by atoms with Gasteiger partial charge >= 0.3 is 5.97 Å². The van der Waals surface area contributed by atoms with Gasteiger partial charge in [0.2, 0.25) is 5.16 Å². The summed E-state index contributed by atoms with van der Waals surface area (Å²) in [5.74, 6) is 1.11. The third kappa shape index (κ3) is 4.09. The van der Waals surface area contributed by atoms with Crippen molar-refractivity contribution >= 4 is 29.3 Å². The molecule has 1 atom stereocenters. The number of methoxy groups -OCH3 is 1. The number of aromatic nitrogens is 4. The fraction of sp³-hybridized carbons (Fsp3) is 0.350. The van der Waals surface area contributed by atoms with E-state index in [-0.39, 0.29) is 23.4 Å². The smallest absolute Gasteiger partial charge is 0.316 e. The van der Waals surface area contributed by atoms with Crippen LogP contribution in [0.4, 0.5) is 0 Å². The number of rotatable bonds is 6. The molecule has 0 bridgehead atoms. The van der Waals surface area contributed by atoms with Crippen LogP contribution in [0.25, 0.3) is 5.78 Å². The number of carbonyl (C=O) groups is 2. The van der Waals surface area contributed by atoms with E-state index in [9.17, 15) is 9.59 Å². The van der Waals surface area contributed by atoms with Crippen LogP contribution in [0.15, 0.2) is 35.6 Å². The molecule has 0 fully saturated rings. The maximum absolute atomic E-state index is 12.7. The zero-order chi connectivity index (χ0) is 20.4. The Labute approximate surface area is 171 Å². The quantitative estimate of drug-likeness (QED) is 0.450. The fourth-order valence-corrected chi connectivity index (χ4v) is 3.99. The van der Waals surface area contributed by atoms with Gasteiger partial charge in [-0.15, -0.1) is 5.10 Å². The van der Waals surface area contributed by atoms with Crippen LogP contribution in [0.1, 0.15) is 40.9 Å². The first-order valence-corrected chi connectivity index (χ1v) is 10.3. The lowest BCUT2D eigenvalue weighted by molar-refractivity contribution is -0.139. The molecule has 0 amide bonds. The van der Waals surface area contributed by atoms with Crippen LogP contribution in [0.2, 0.25) is 0 Å². The Bertz CT molecular complexity index is 1060. The van der Waals surface area contributed by atoms with Gasteiger partial charge in [0, 0.05) is 12.6 Å². The van der Waals surface area contributed by atoms with Crippen molar-refractivity contribution < 1.29 is 19.1 Å². The number of hydrogen-bond acceptors (Lipinski definition) is 8. The van der Waals surface area contributed by atoms with Gasteiger partial charge in [0.25, 0.3) is 5.78 Å². The molecule has 1 aliphatic carbocycles. The molecular weight excluding hydrogens is 392 g/mol. The zero-order valence-electron chi connectivity index (χ0n) is 16.1. The summed E-state index contributed by atoms with van der Waals surface area (Å²) in [6, 6.07) is 7.78. The van der Waals surface area contributed by atoms with Crippen LogP contribution < -0.4 is 4.74 Å². The largest absolute Gasteiger partial charge is 0.497 e. The lowest BCUT2D eigenvalue weighted by Crippen LogP contribution is -2.21. The van der Waals surface area contributed by atoms with E-state index in [1.807, 2.05) is 24.3 Å². The molecule has 0 saturated heterocycles. The number of fused-ring (bicyclic) bond motifs is 2. The molecule has 0 saturated carbocycles. The highest BCUT2D eigenvalue weighted by Crippen LogP contribution is 2.32. The minimum absolute atomic E-state index is 0.0395. The molecule has 1 aromatic carbocycles. The number of carbonyl (C=O) groups excluding carboxylic acids is 2. The Kier molecular flexibility index (Phi) is 5.48. The molecule has 2 aromatic heterocycles. The van der Waals surface area contributed by atoms with E-state index < -0.39 is 0 Å². The van der Waals surface area contributed by atoms with Gasteiger partial charge in [-0.1, -0.05) is 23.9 Å². The maximum atomic E-state index is 12.7. The molecule has 29 heavy (non-hydrogen) atoms. The Balaban J connectivity index is 1.56. The van der Waals surface area contributed by atoms with E-state index in [1.54, 1.807) is 20.2 Å². The molecule has 2 heterocycles. The van der Waals surface area contributed by atoms with Crippen LogP contribution in [0.3, 0.4) is 0 Å². The summed E-state index contributed by atoms with van der Waals surface area (Å²) in [6.07, 6.45) is 2.76. The van der Waals surface area contributed by atoms with Crippen molar-refractivity contribution in [2.75, 3.05) is 19.5 Å². The summed E-state index contributed by atoms with van der Waals surface area (Å²) in [6.45, 7) is 2.10. The number of Topliss-reactive ketones (excluding diaryl/α,β-unsaturated/α-hetero) is 1. The van der Waals surface area contributed by atoms with E-state index in [1.165, 1.54) is 16.3 Å². The standard InChI is InChI=1S/C20H20N4O4S/c1-3-28-18(26)11-29-20-22-19-21-16-8-13(12-4-6-14(27-2)7-5-12)9-17(25)15(16)10-24(19)23-20/h4-7,10,13H,3,8-9,11H2,1-2H3. The van der Waals surface area contributed by atoms with E-state index in [0.717, 1.165) is 17.0 Å². The zero-order valence-corrected chi connectivity index (χ0v) is 16.9. The van der Waals surface area contributed by atoms with E-state index in [4.69, 9.17) is 9.47 Å². The Morgan fingerprint density at radius 2 is 2.03 bits per heavy atom. The highest BCUT2D eigenvalue weighted by molar-refractivity contribution is 7.99. The first kappa shape index (κ1) is 19.4. The second kappa shape index (κ2) is 8.20. The van der Waals surface area contributed by atoms with Crippen LogP contribution in [-0.2, 0) is 16.0 Å². The summed E-state index contributed by atoms with van der Waals surface area (Å²) in [5.41, 5.74) is 2.39. The molecule has 3 aromatic rings. The van der Waals surface area contributed by atoms with Crippen LogP contribution in [0.5, 0.6) is 5.75 Å². The summed E-state index contributed by atoms with van der Waals surface area (Å²) < 4.78 is 11.6. The number of ketones is 1. The van der Waals surface area contributed by atoms with Crippen molar-refractivity contribution in [2.45, 2.75) is 30.8 Å². The summed E-state index contributed by atoms with van der Waals surface area (Å²) in [7, 11) is 1.63. The molecule has 150 valence electrons. The molecule has 0 radical (unpaired) electrons. The molecule has 0 N–H and O–H groups in total. The van der Waals surface area contributed by atoms with E-state index >= 15 is 0 Å². The fourth-order valence-electron chi connectivity index (χ4n) is 3.36. The highest BCUT2D eigenvalue weighted by atomic mass is 32.2. The topological polar surface area (TPSA) is 95.7 Å². The SMILES string of the molecule is CCOC(=O)CSc1nc2nc3c(cn2n1)C(=O)CC(c1ccc(OC)cc1)C3. The maximum Gasteiger partial charge on any atom is 0.316 e. The summed E-state index contributed by atoms with van der Waals surface area (Å²) >= 11 is 1.18. The third-order valence-electron chi connectivity index (χ3n) is 4.77. The van der Waals surface area contributed by atoms with E-state index in [0.29, 0.717) is 35.9 Å². The molecular formula is C20H20N4O4S. The lowest BCUT2D eigenvalue weighted by Gasteiger charge is -2.23. The van der Waals surface area contributed by atoms with Gasteiger partial charge in [-0.2, -0.15) is 4.98 Å². The van der Waals surface area contributed by atoms with Gasteiger partial charge in [0.1, 0.15) is 5.75 Å². The summed E-state index contributed by atoms with van der Waals surface area (Å²) in [4.78, 5) is 33.2. The van der Waals surface area contributed by atoms with Gasteiger partial charge in [-0.3, -0.25) is 9.59 Å². The predicted octanol–water partition coefficient (Wildman–Crippen LogP) is 2.70. The number of hydrogen-bond donors (Lipinski definition) is 0. The molecule has 4 rings (SSSR count). The van der Waals surface area contributed by atoms with E-state index in [2.05, 4.69) is 15.1 Å². The molecule has 1 aliphatic rings. The number of nitrogens with zero attached hydrogens (tertiary/aromatic N) is 4. The average Bonchev–Trinajstić information content (AvgIpc) is 3.13. The molecule has 0 spiro atoms. The van der Waals surface area contributed by atoms with Crippen molar-refractivity contribution in [1.82, 2.24) is 19.6 Å². The van der Waals surface area contributed by atoms with Crippen molar-refractivity contribution in [3.63, 3.8) is 0 Å². The highest BCUT2D eigenvalue weighted by Gasteiger charge is 2.28. The number of esters is 1. The minimum Gasteiger partial charge on any atom is -0.497 e. The Morgan fingerprint density at radius 3 is 2.76 bits per heavy atom. The van der Waals surface area contributed by atoms with Crippen molar-refractivity contribution in [2.24, 2.45) is 0 Å². The second-order valence-electron chi connectivity index (χ2n) is 6.64. The van der Waals surface area contributed by atoms with Crippen LogP contribution >= 0.6 is 11.8 Å². The van der Waals surface area contributed by atoms with Gasteiger partial charge in [-0.25, -0.2) is 9.50 Å². The Hall–Kier alpha value is -2.94. The molecule has 1 unspecified atom stereocenters. The normalized spacial score (nSPS) is 15.9. The number of ether oxygens (including phenoxy) is 2. The summed E-state index contributed by atoms with van der Waals surface area (Å²) in [5, 5.41) is 4.74. The van der Waals surface area contributed by atoms with Crippen LogP contribution in [0, 0.1) is 0 Å². The monoisotopic (exact) mass is 412 g/mol. The minimum atomic E-state index is -0.318. The third-order valence-corrected chi connectivity index (χ3v) is 5.59. The first-order valence-electron chi connectivity index (χ1n) is 9.29. The van der Waals surface area contributed by atoms with Crippen molar-refractivity contribution in [1.29, 1.82) is 0 Å². The van der Waals surface area contributed by atoms with Crippen molar-refractivity contribution in [3.8, 4) is 5.75 Å². The van der Waals surface area contributed by atoms with Gasteiger partial charge < -0.3 is 9.47 Å². The molecule has 0 aliphatic heterocycles. The number of benzene rings is 1. The van der Waals surface area contributed by atoms with Gasteiger partial charge in [0.15, 0.2) is 5.78 Å². The molecule has 8 nitrogen and oxygen atoms in total. The average molecular weight is 412 g/mol.